The summed E-state index contributed by atoms with van der Waals surface area (Å²) in [6, 6.07) is 13.3. The molecule has 0 spiro atoms. The number of para-hydroxylation sites is 1. The molecular formula is C40H43N9O7S. The number of nitrogens with zero attached hydrogens (tertiary/aromatic N) is 4. The van der Waals surface area contributed by atoms with E-state index in [1.807, 2.05) is 35.7 Å². The average molecular weight is 794 g/mol. The molecule has 5 N–H and O–H groups in total. The summed E-state index contributed by atoms with van der Waals surface area (Å²) in [4.78, 5) is 83.7. The summed E-state index contributed by atoms with van der Waals surface area (Å²) >= 11 is 1.41. The number of ether oxygens (including phenoxy) is 2. The zero-order valence-electron chi connectivity index (χ0n) is 31.0. The Morgan fingerprint density at radius 1 is 0.930 bits per heavy atom. The Balaban J connectivity index is 1.05. The molecule has 2 aliphatic heterocycles. The third-order valence-electron chi connectivity index (χ3n) is 10.8. The van der Waals surface area contributed by atoms with Crippen molar-refractivity contribution >= 4 is 57.1 Å². The van der Waals surface area contributed by atoms with Crippen LogP contribution in [0.1, 0.15) is 57.8 Å². The van der Waals surface area contributed by atoms with Crippen molar-refractivity contribution in [1.82, 2.24) is 41.3 Å². The van der Waals surface area contributed by atoms with Gasteiger partial charge in [0.15, 0.2) is 5.82 Å². The van der Waals surface area contributed by atoms with Crippen molar-refractivity contribution in [1.29, 1.82) is 0 Å². The molecule has 4 aromatic rings. The third kappa shape index (κ3) is 8.52. The fourth-order valence-electron chi connectivity index (χ4n) is 7.40. The van der Waals surface area contributed by atoms with E-state index in [-0.39, 0.29) is 31.4 Å². The first-order valence-corrected chi connectivity index (χ1v) is 20.2. The molecule has 16 nitrogen and oxygen atoms in total. The molecule has 0 radical (unpaired) electrons. The molecule has 2 saturated carbocycles. The predicted molar refractivity (Wildman–Crippen MR) is 210 cm³/mol. The zero-order valence-corrected chi connectivity index (χ0v) is 31.8. The topological polar surface area (TPSA) is 206 Å². The Bertz CT molecular complexity index is 2170. The van der Waals surface area contributed by atoms with Crippen LogP contribution in [0, 0.1) is 5.92 Å². The lowest BCUT2D eigenvalue weighted by atomic mass is 9.96. The number of benzene rings is 1. The number of nitrogens with one attached hydrogen (secondary N) is 5. The highest BCUT2D eigenvalue weighted by Crippen LogP contribution is 2.45. The van der Waals surface area contributed by atoms with Crippen LogP contribution in [0.3, 0.4) is 0 Å². The first kappa shape index (κ1) is 37.8. The minimum Gasteiger partial charge on any atom is -0.471 e. The number of hydrazine groups is 1. The van der Waals surface area contributed by atoms with Crippen LogP contribution in [0.25, 0.3) is 21.7 Å². The van der Waals surface area contributed by atoms with Crippen molar-refractivity contribution in [3.63, 3.8) is 0 Å². The van der Waals surface area contributed by atoms with Crippen LogP contribution in [0.4, 0.5) is 15.3 Å². The van der Waals surface area contributed by atoms with Crippen molar-refractivity contribution < 1.29 is 33.4 Å². The third-order valence-corrected chi connectivity index (χ3v) is 11.7. The molecule has 17 heteroatoms. The quantitative estimate of drug-likeness (QED) is 0.130. The number of hydrogen-bond donors (Lipinski definition) is 5. The van der Waals surface area contributed by atoms with Gasteiger partial charge in [-0.15, -0.1) is 11.3 Å². The number of anilines is 1. The van der Waals surface area contributed by atoms with Crippen LogP contribution in [-0.4, -0.2) is 86.1 Å². The van der Waals surface area contributed by atoms with Crippen LogP contribution in [0.15, 0.2) is 78.3 Å². The maximum Gasteiger partial charge on any atom is 0.408 e. The van der Waals surface area contributed by atoms with Gasteiger partial charge in [-0.25, -0.2) is 20.0 Å². The molecule has 5 heterocycles. The van der Waals surface area contributed by atoms with Crippen molar-refractivity contribution in [3.8, 4) is 17.4 Å². The van der Waals surface area contributed by atoms with Crippen LogP contribution >= 0.6 is 11.3 Å². The number of carbonyl (C=O) groups excluding carboxylic acids is 5. The molecule has 6 amide bonds. The van der Waals surface area contributed by atoms with E-state index in [9.17, 15) is 24.0 Å². The molecule has 0 bridgehead atoms. The van der Waals surface area contributed by atoms with E-state index in [2.05, 4.69) is 36.8 Å². The van der Waals surface area contributed by atoms with Gasteiger partial charge >= 0.3 is 12.1 Å². The van der Waals surface area contributed by atoms with Crippen LogP contribution < -0.4 is 31.5 Å². The second kappa shape index (κ2) is 16.6. The van der Waals surface area contributed by atoms with Gasteiger partial charge in [0.2, 0.25) is 17.7 Å². The first-order chi connectivity index (χ1) is 27.8. The lowest BCUT2D eigenvalue weighted by molar-refractivity contribution is -0.141. The number of pyridine rings is 1. The first-order valence-electron chi connectivity index (χ1n) is 19.3. The van der Waals surface area contributed by atoms with E-state index < -0.39 is 53.6 Å². The van der Waals surface area contributed by atoms with Gasteiger partial charge in [0.25, 0.3) is 5.91 Å². The SMILES string of the molecule is O=C(NNC(=O)[C@@]12C[C@H]1/C=C\CCCC[C@H](NC(=O)OC1CCC1)C(=O)N1C[C@H](Oc3nc(-c4ccccn4)nc4ccsc34)C[C@H]1C(=O)N2)Nc1ccccc1. The van der Waals surface area contributed by atoms with E-state index in [0.29, 0.717) is 52.6 Å². The number of aromatic nitrogens is 3. The summed E-state index contributed by atoms with van der Waals surface area (Å²) in [6.07, 6.45) is 9.18. The number of allylic oxidation sites excluding steroid dienone is 1. The summed E-state index contributed by atoms with van der Waals surface area (Å²) in [5, 5.41) is 10.3. The minimum atomic E-state index is -1.39. The highest BCUT2D eigenvalue weighted by Gasteiger charge is 2.61. The summed E-state index contributed by atoms with van der Waals surface area (Å²) in [7, 11) is 0. The van der Waals surface area contributed by atoms with Gasteiger partial charge in [0.1, 0.15) is 40.2 Å². The number of rotatable bonds is 7. The second-order valence-corrected chi connectivity index (χ2v) is 15.6. The fraction of sp³-hybridized carbons (Fsp3) is 0.400. The van der Waals surface area contributed by atoms with Gasteiger partial charge in [-0.1, -0.05) is 42.8 Å². The maximum atomic E-state index is 14.5. The molecule has 8 rings (SSSR count). The highest BCUT2D eigenvalue weighted by atomic mass is 32.1. The van der Waals surface area contributed by atoms with Crippen LogP contribution in [0.2, 0.25) is 0 Å². The summed E-state index contributed by atoms with van der Waals surface area (Å²) in [5.41, 5.74) is 5.22. The number of urea groups is 1. The van der Waals surface area contributed by atoms with Crippen molar-refractivity contribution in [2.24, 2.45) is 5.92 Å². The van der Waals surface area contributed by atoms with Crippen molar-refractivity contribution in [2.45, 2.75) is 87.6 Å². The Kier molecular flexibility index (Phi) is 11.0. The van der Waals surface area contributed by atoms with Gasteiger partial charge in [0.05, 0.1) is 12.1 Å². The average Bonchev–Trinajstić information content (AvgIpc) is 3.48. The summed E-state index contributed by atoms with van der Waals surface area (Å²) < 4.78 is 12.8. The Morgan fingerprint density at radius 3 is 2.56 bits per heavy atom. The molecule has 0 unspecified atom stereocenters. The molecule has 296 valence electrons. The molecule has 2 aliphatic carbocycles. The monoisotopic (exact) mass is 793 g/mol. The van der Waals surface area contributed by atoms with Crippen molar-refractivity contribution in [2.75, 3.05) is 11.9 Å². The molecule has 1 aromatic carbocycles. The lowest BCUT2D eigenvalue weighted by Gasteiger charge is -2.31. The van der Waals surface area contributed by atoms with Gasteiger partial charge < -0.3 is 30.3 Å². The number of thiophene rings is 1. The van der Waals surface area contributed by atoms with E-state index in [1.165, 1.54) is 16.2 Å². The Labute approximate surface area is 332 Å². The second-order valence-electron chi connectivity index (χ2n) is 14.7. The molecular weight excluding hydrogens is 751 g/mol. The standard InChI is InChI=1S/C40H43N9O7S/c50-34-31-21-27(55-35-32-28(18-20-57-32)43-33(45-35)29-16-8-9-19-41-29)23-49(31)36(51)30(44-39(54)56-26-14-10-15-26)17-7-2-1-4-11-24-22-40(24,46-34)37(52)47-48-38(53)42-25-12-5-3-6-13-25/h3-6,8-9,11-13,16,18-20,24,26-27,30-31H,1-2,7,10,14-15,17,21-23H2,(H,44,54)(H,46,50)(H,47,52)(H2,42,48,53)/b11-4-/t24-,27-,30+,31+,40-/m1/s1. The molecule has 4 aliphatic rings. The van der Waals surface area contributed by atoms with Gasteiger partial charge in [-0.05, 0) is 80.7 Å². The molecule has 3 aromatic heterocycles. The van der Waals surface area contributed by atoms with E-state index >= 15 is 0 Å². The number of alkyl carbamates (subject to hydrolysis) is 1. The molecule has 5 atom stereocenters. The van der Waals surface area contributed by atoms with Crippen molar-refractivity contribution in [3.05, 3.63) is 78.3 Å². The molecule has 1 saturated heterocycles. The highest BCUT2D eigenvalue weighted by molar-refractivity contribution is 7.17. The van der Waals surface area contributed by atoms with Gasteiger partial charge in [0, 0.05) is 24.2 Å². The summed E-state index contributed by atoms with van der Waals surface area (Å²) in [6.45, 7) is 0.00625. The molecule has 3 fully saturated rings. The Hall–Kier alpha value is -6.10. The molecule has 57 heavy (non-hydrogen) atoms. The fourth-order valence-corrected chi connectivity index (χ4v) is 8.16. The number of hydrogen-bond acceptors (Lipinski definition) is 11. The van der Waals surface area contributed by atoms with Crippen LogP contribution in [-0.2, 0) is 19.1 Å². The van der Waals surface area contributed by atoms with Crippen LogP contribution in [0.5, 0.6) is 5.88 Å². The zero-order chi connectivity index (χ0) is 39.4. The summed E-state index contributed by atoms with van der Waals surface area (Å²) in [5.74, 6) is -1.33. The minimum absolute atomic E-state index is 0.00625. The normalized spacial score (nSPS) is 25.4. The number of amides is 6. The number of carbonyl (C=O) groups is 5. The van der Waals surface area contributed by atoms with Gasteiger partial charge in [-0.3, -0.25) is 24.8 Å². The van der Waals surface area contributed by atoms with E-state index in [4.69, 9.17) is 14.5 Å². The van der Waals surface area contributed by atoms with Gasteiger partial charge in [-0.2, -0.15) is 4.98 Å². The number of fused-ring (bicyclic) bond motifs is 3. The maximum absolute atomic E-state index is 14.5. The smallest absolute Gasteiger partial charge is 0.408 e. The van der Waals surface area contributed by atoms with E-state index in [1.54, 1.807) is 42.6 Å². The predicted octanol–water partition coefficient (Wildman–Crippen LogP) is 4.61. The van der Waals surface area contributed by atoms with E-state index in [0.717, 1.165) is 25.7 Å². The largest absolute Gasteiger partial charge is 0.471 e. The lowest BCUT2D eigenvalue weighted by Crippen LogP contribution is -2.59. The Morgan fingerprint density at radius 2 is 1.77 bits per heavy atom.